The van der Waals surface area contributed by atoms with Crippen molar-refractivity contribution >= 4 is 58.1 Å². The van der Waals surface area contributed by atoms with Gasteiger partial charge in [-0.1, -0.05) is 25.1 Å². The van der Waals surface area contributed by atoms with E-state index in [0.29, 0.717) is 33.3 Å². The Morgan fingerprint density at radius 3 is 2.23 bits per heavy atom. The van der Waals surface area contributed by atoms with Crippen LogP contribution >= 0.6 is 0 Å². The van der Waals surface area contributed by atoms with Crippen molar-refractivity contribution in [2.45, 2.75) is 85.1 Å². The molecule has 3 aromatic carbocycles. The van der Waals surface area contributed by atoms with Gasteiger partial charge >= 0.3 is 24.2 Å². The summed E-state index contributed by atoms with van der Waals surface area (Å²) >= 11 is 0. The molecule has 2 N–H and O–H groups in total. The molecule has 296 valence electrons. The molecule has 56 heavy (non-hydrogen) atoms. The van der Waals surface area contributed by atoms with E-state index in [9.17, 15) is 24.0 Å². The van der Waals surface area contributed by atoms with Crippen LogP contribution in [0.15, 0.2) is 66.9 Å². The minimum Gasteiger partial charge on any atom is -0.465 e. The van der Waals surface area contributed by atoms with Crippen molar-refractivity contribution < 1.29 is 42.9 Å². The quantitative estimate of drug-likeness (QED) is 0.151. The summed E-state index contributed by atoms with van der Waals surface area (Å²) in [6, 6.07) is 16.4. The van der Waals surface area contributed by atoms with Gasteiger partial charge in [-0.05, 0) is 119 Å². The van der Waals surface area contributed by atoms with Gasteiger partial charge in [0.05, 0.1) is 19.3 Å². The van der Waals surface area contributed by atoms with Crippen molar-refractivity contribution in [3.63, 3.8) is 0 Å². The fourth-order valence-electron chi connectivity index (χ4n) is 6.29. The normalized spacial score (nSPS) is 16.4. The summed E-state index contributed by atoms with van der Waals surface area (Å²) in [6.45, 7) is 14.1. The molecular weight excluding hydrogens is 718 g/mol. The third-order valence-electron chi connectivity index (χ3n) is 8.83. The number of likely N-dealkylation sites (N-methyl/N-ethyl adjacent to an activating group) is 1. The average Bonchev–Trinajstić information content (AvgIpc) is 3.10. The van der Waals surface area contributed by atoms with Crippen LogP contribution in [0.4, 0.5) is 31.6 Å². The molecule has 3 heterocycles. The Morgan fingerprint density at radius 2 is 1.61 bits per heavy atom. The molecule has 4 bridgehead atoms. The van der Waals surface area contributed by atoms with Crippen LogP contribution in [0.25, 0.3) is 10.8 Å². The molecule has 0 saturated heterocycles. The molecule has 0 unspecified atom stereocenters. The van der Waals surface area contributed by atoms with Crippen LogP contribution in [0.2, 0.25) is 0 Å². The van der Waals surface area contributed by atoms with Crippen LogP contribution in [-0.2, 0) is 30.3 Å². The zero-order chi connectivity index (χ0) is 41.1. The van der Waals surface area contributed by atoms with Crippen LogP contribution in [0.1, 0.15) is 93.0 Å². The molecule has 4 amide bonds. The number of aryl methyl sites for hydroxylation is 1. The number of nitrogens with one attached hydrogen (secondary N) is 2. The number of aromatic nitrogens is 1. The van der Waals surface area contributed by atoms with E-state index < -0.39 is 41.5 Å². The molecule has 14 heteroatoms. The number of esters is 1. The highest BCUT2D eigenvalue weighted by Crippen LogP contribution is 2.33. The largest absolute Gasteiger partial charge is 0.465 e. The summed E-state index contributed by atoms with van der Waals surface area (Å²) in [5, 5.41) is 7.18. The second-order valence-electron chi connectivity index (χ2n) is 15.7. The third kappa shape index (κ3) is 9.73. The number of pyridine rings is 1. The summed E-state index contributed by atoms with van der Waals surface area (Å²) in [7, 11) is 2.89. The molecule has 14 nitrogen and oxygen atoms in total. The van der Waals surface area contributed by atoms with Crippen molar-refractivity contribution in [1.82, 2.24) is 9.88 Å². The maximum atomic E-state index is 14.5. The molecule has 0 fully saturated rings. The van der Waals surface area contributed by atoms with Crippen molar-refractivity contribution in [3.05, 3.63) is 94.7 Å². The van der Waals surface area contributed by atoms with Gasteiger partial charge in [0.25, 0.3) is 0 Å². The van der Waals surface area contributed by atoms with Gasteiger partial charge in [0.1, 0.15) is 17.2 Å². The van der Waals surface area contributed by atoms with Gasteiger partial charge in [-0.2, -0.15) is 4.90 Å². The lowest BCUT2D eigenvalue weighted by Crippen LogP contribution is -2.44. The number of imide groups is 1. The molecule has 0 aliphatic carbocycles. The van der Waals surface area contributed by atoms with E-state index in [0.717, 1.165) is 16.0 Å². The maximum Gasteiger partial charge on any atom is 0.425 e. The summed E-state index contributed by atoms with van der Waals surface area (Å²) in [6.07, 6.45) is -1.07. The first kappa shape index (κ1) is 41.0. The second kappa shape index (κ2) is 16.3. The number of nitrogens with zero attached hydrogens (tertiary/aromatic N) is 3. The molecule has 1 aromatic heterocycles. The Bertz CT molecular complexity index is 2140. The highest BCUT2D eigenvalue weighted by atomic mass is 16.6. The molecule has 6 rings (SSSR count). The topological polar surface area (TPSA) is 166 Å². The van der Waals surface area contributed by atoms with Gasteiger partial charge in [-0.25, -0.2) is 24.2 Å². The lowest BCUT2D eigenvalue weighted by Gasteiger charge is -2.29. The van der Waals surface area contributed by atoms with E-state index in [1.807, 2.05) is 32.0 Å². The highest BCUT2D eigenvalue weighted by molar-refractivity contribution is 6.14. The second-order valence-corrected chi connectivity index (χ2v) is 15.7. The van der Waals surface area contributed by atoms with E-state index in [1.165, 1.54) is 24.3 Å². The standard InChI is InChI=1S/C42H49N5O9/c1-24-19-27-11-14-31(24)25(2)23-54-38(50)45-30-13-16-33(37(49)53-10)28(21-30)22-46(9)36(48)34(27)44-29-12-15-32-26(20-29)17-18-43-35(32)47(39(51)55-41(3,4)5)40(52)56-42(6,7)8/h11-21,25,34,44H,22-23H2,1-10H3,(H,45,50)/t25-,34+/m0/s1. The lowest BCUT2D eigenvalue weighted by atomic mass is 9.92. The number of hydrogen-bond acceptors (Lipinski definition) is 11. The van der Waals surface area contributed by atoms with Crippen LogP contribution in [0.5, 0.6) is 0 Å². The van der Waals surface area contributed by atoms with Crippen LogP contribution < -0.4 is 15.5 Å². The lowest BCUT2D eigenvalue weighted by molar-refractivity contribution is -0.131. The van der Waals surface area contributed by atoms with Crippen molar-refractivity contribution in [2.24, 2.45) is 0 Å². The minimum absolute atomic E-state index is 0.00196. The monoisotopic (exact) mass is 767 g/mol. The Morgan fingerprint density at radius 1 is 0.929 bits per heavy atom. The molecule has 2 atom stereocenters. The predicted molar refractivity (Wildman–Crippen MR) is 212 cm³/mol. The number of carbonyl (C=O) groups excluding carboxylic acids is 5. The van der Waals surface area contributed by atoms with Gasteiger partial charge in [0.2, 0.25) is 5.91 Å². The van der Waals surface area contributed by atoms with Gasteiger partial charge in [-0.15, -0.1) is 0 Å². The molecule has 2 aliphatic heterocycles. The zero-order valence-corrected chi connectivity index (χ0v) is 33.4. The SMILES string of the molecule is COC(=O)c1ccc2cc1CN(C)C(=O)[C@H](Nc1ccc3c(N(C(=O)OC(C)(C)C)C(=O)OC(C)(C)C)nccc3c1)c1ccc(c(C)c1)[C@@H](C)COC(=O)N2. The minimum atomic E-state index is -0.948. The van der Waals surface area contributed by atoms with E-state index in [1.54, 1.807) is 85.0 Å². The van der Waals surface area contributed by atoms with Crippen molar-refractivity contribution in [3.8, 4) is 0 Å². The smallest absolute Gasteiger partial charge is 0.425 e. The summed E-state index contributed by atoms with van der Waals surface area (Å²) in [5.74, 6) is -1.06. The summed E-state index contributed by atoms with van der Waals surface area (Å²) in [5.41, 5.74) is 2.30. The van der Waals surface area contributed by atoms with Crippen molar-refractivity contribution in [2.75, 3.05) is 36.3 Å². The zero-order valence-electron chi connectivity index (χ0n) is 33.4. The molecular formula is C42H49N5O9. The Balaban J connectivity index is 1.57. The first-order valence-corrected chi connectivity index (χ1v) is 18.2. The third-order valence-corrected chi connectivity index (χ3v) is 8.83. The number of anilines is 3. The summed E-state index contributed by atoms with van der Waals surface area (Å²) in [4.78, 5) is 73.6. The Hall–Kier alpha value is -6.18. The van der Waals surface area contributed by atoms with Crippen LogP contribution in [-0.4, -0.2) is 72.0 Å². The molecule has 0 saturated carbocycles. The number of hydrogen-bond donors (Lipinski definition) is 2. The molecule has 4 aromatic rings. The molecule has 0 spiro atoms. The van der Waals surface area contributed by atoms with E-state index in [4.69, 9.17) is 18.9 Å². The number of methoxy groups -OCH3 is 1. The van der Waals surface area contributed by atoms with Gasteiger partial charge in [-0.3, -0.25) is 10.1 Å². The Kier molecular flexibility index (Phi) is 11.9. The highest BCUT2D eigenvalue weighted by Gasteiger charge is 2.35. The van der Waals surface area contributed by atoms with Crippen molar-refractivity contribution in [1.29, 1.82) is 0 Å². The average molecular weight is 768 g/mol. The van der Waals surface area contributed by atoms with Gasteiger partial charge in [0.15, 0.2) is 5.82 Å². The predicted octanol–water partition coefficient (Wildman–Crippen LogP) is 8.48. The first-order valence-electron chi connectivity index (χ1n) is 18.2. The number of ether oxygens (including phenoxy) is 4. The number of rotatable bonds is 4. The number of fused-ring (bicyclic) bond motifs is 10. The first-order chi connectivity index (χ1) is 26.2. The number of amides is 4. The Labute approximate surface area is 326 Å². The van der Waals surface area contributed by atoms with E-state index in [-0.39, 0.29) is 36.4 Å². The maximum absolute atomic E-state index is 14.5. The number of benzene rings is 3. The fourth-order valence-corrected chi connectivity index (χ4v) is 6.29. The molecule has 0 radical (unpaired) electrons. The van der Waals surface area contributed by atoms with E-state index in [2.05, 4.69) is 15.6 Å². The van der Waals surface area contributed by atoms with Gasteiger partial charge in [0, 0.05) is 42.5 Å². The molecule has 2 aliphatic rings. The van der Waals surface area contributed by atoms with E-state index >= 15 is 0 Å². The number of carbonyl (C=O) groups is 5. The van der Waals surface area contributed by atoms with Gasteiger partial charge < -0.3 is 29.2 Å². The van der Waals surface area contributed by atoms with Crippen LogP contribution in [0.3, 0.4) is 0 Å². The van der Waals surface area contributed by atoms with Crippen LogP contribution in [0, 0.1) is 6.92 Å². The fraction of sp³-hybridized carbons (Fsp3) is 0.381. The summed E-state index contributed by atoms with van der Waals surface area (Å²) < 4.78 is 21.7.